The Hall–Kier alpha value is -3.27. The summed E-state index contributed by atoms with van der Waals surface area (Å²) in [5.74, 6) is 0.128. The summed E-state index contributed by atoms with van der Waals surface area (Å²) < 4.78 is 0. The first-order chi connectivity index (χ1) is 15.3. The molecule has 2 fully saturated rings. The van der Waals surface area contributed by atoms with Gasteiger partial charge in [0, 0.05) is 56.2 Å². The van der Waals surface area contributed by atoms with Gasteiger partial charge in [-0.05, 0) is 54.3 Å². The van der Waals surface area contributed by atoms with E-state index in [0.717, 1.165) is 42.9 Å². The summed E-state index contributed by atoms with van der Waals surface area (Å²) in [7, 11) is 0. The van der Waals surface area contributed by atoms with Crippen LogP contribution >= 0.6 is 0 Å². The fourth-order valence-corrected chi connectivity index (χ4v) is 4.73. The molecule has 1 amide bonds. The summed E-state index contributed by atoms with van der Waals surface area (Å²) in [6.45, 7) is 5.56. The number of carbonyl (C=O) groups is 1. The second kappa shape index (κ2) is 8.84. The van der Waals surface area contributed by atoms with Crippen LogP contribution in [-0.2, 0) is 0 Å². The molecule has 0 bridgehead atoms. The van der Waals surface area contributed by atoms with Crippen LogP contribution in [0.3, 0.4) is 0 Å². The number of carbonyl (C=O) groups excluding carboxylic acids is 1. The molecule has 2 saturated heterocycles. The Morgan fingerprint density at radius 2 is 1.13 bits per heavy atom. The summed E-state index contributed by atoms with van der Waals surface area (Å²) in [4.78, 5) is 20.2. The third kappa shape index (κ3) is 4.15. The highest BCUT2D eigenvalue weighted by Gasteiger charge is 2.24. The number of hydrogen-bond donors (Lipinski definition) is 0. The lowest BCUT2D eigenvalue weighted by atomic mass is 9.98. The highest BCUT2D eigenvalue weighted by molar-refractivity contribution is 6.01. The van der Waals surface area contributed by atoms with Crippen LogP contribution in [0.25, 0.3) is 11.1 Å². The number of piperazine rings is 1. The molecule has 158 valence electrons. The number of amides is 1. The molecule has 2 aliphatic heterocycles. The van der Waals surface area contributed by atoms with E-state index in [9.17, 15) is 4.79 Å². The van der Waals surface area contributed by atoms with E-state index < -0.39 is 0 Å². The van der Waals surface area contributed by atoms with Crippen LogP contribution in [0.15, 0.2) is 78.9 Å². The maximum atomic E-state index is 13.3. The maximum absolute atomic E-state index is 13.3. The number of anilines is 2. The quantitative estimate of drug-likeness (QED) is 0.610. The Bertz CT molecular complexity index is 1020. The van der Waals surface area contributed by atoms with Gasteiger partial charge in [0.1, 0.15) is 0 Å². The van der Waals surface area contributed by atoms with Crippen molar-refractivity contribution < 1.29 is 4.79 Å². The average molecular weight is 412 g/mol. The van der Waals surface area contributed by atoms with E-state index >= 15 is 0 Å². The van der Waals surface area contributed by atoms with Crippen molar-refractivity contribution in [2.24, 2.45) is 0 Å². The molecule has 2 aliphatic rings. The zero-order valence-electron chi connectivity index (χ0n) is 17.9. The van der Waals surface area contributed by atoms with Crippen molar-refractivity contribution in [1.82, 2.24) is 4.90 Å². The molecule has 4 nitrogen and oxygen atoms in total. The third-order valence-corrected chi connectivity index (χ3v) is 6.50. The fraction of sp³-hybridized carbons (Fsp3) is 0.296. The fourth-order valence-electron chi connectivity index (χ4n) is 4.73. The number of nitrogens with zero attached hydrogens (tertiary/aromatic N) is 3. The standard InChI is InChI=1S/C27H29N3O/c31-27(26-11-5-4-10-25(26)22-8-2-1-3-9-22)30-20-18-29(19-21-30)24-14-12-23(13-15-24)28-16-6-7-17-28/h1-5,8-15H,6-7,16-21H2. The lowest BCUT2D eigenvalue weighted by Crippen LogP contribution is -2.48. The molecule has 0 radical (unpaired) electrons. The molecular weight excluding hydrogens is 382 g/mol. The van der Waals surface area contributed by atoms with E-state index in [-0.39, 0.29) is 5.91 Å². The Labute approximate surface area is 184 Å². The molecular formula is C27H29N3O. The lowest BCUT2D eigenvalue weighted by molar-refractivity contribution is 0.0747. The topological polar surface area (TPSA) is 26.8 Å². The smallest absolute Gasteiger partial charge is 0.254 e. The maximum Gasteiger partial charge on any atom is 0.254 e. The van der Waals surface area contributed by atoms with Gasteiger partial charge < -0.3 is 14.7 Å². The molecule has 3 aromatic carbocycles. The van der Waals surface area contributed by atoms with Crippen LogP contribution in [0.2, 0.25) is 0 Å². The van der Waals surface area contributed by atoms with Gasteiger partial charge in [0.2, 0.25) is 0 Å². The molecule has 0 saturated carbocycles. The zero-order valence-corrected chi connectivity index (χ0v) is 17.9. The van der Waals surface area contributed by atoms with E-state index in [4.69, 9.17) is 0 Å². The van der Waals surface area contributed by atoms with Crippen molar-refractivity contribution in [1.29, 1.82) is 0 Å². The highest BCUT2D eigenvalue weighted by atomic mass is 16.2. The lowest BCUT2D eigenvalue weighted by Gasteiger charge is -2.36. The Kier molecular flexibility index (Phi) is 5.61. The van der Waals surface area contributed by atoms with Crippen molar-refractivity contribution in [2.75, 3.05) is 49.1 Å². The van der Waals surface area contributed by atoms with Gasteiger partial charge in [0.05, 0.1) is 0 Å². The van der Waals surface area contributed by atoms with Crippen molar-refractivity contribution >= 4 is 17.3 Å². The van der Waals surface area contributed by atoms with Gasteiger partial charge in [-0.15, -0.1) is 0 Å². The minimum Gasteiger partial charge on any atom is -0.372 e. The third-order valence-electron chi connectivity index (χ3n) is 6.50. The van der Waals surface area contributed by atoms with Crippen molar-refractivity contribution in [3.63, 3.8) is 0 Å². The molecule has 31 heavy (non-hydrogen) atoms. The minimum atomic E-state index is 0.128. The van der Waals surface area contributed by atoms with E-state index in [0.29, 0.717) is 0 Å². The normalized spacial score (nSPS) is 16.6. The van der Waals surface area contributed by atoms with E-state index in [1.165, 1.54) is 37.3 Å². The van der Waals surface area contributed by atoms with E-state index in [1.54, 1.807) is 0 Å². The van der Waals surface area contributed by atoms with Crippen LogP contribution in [0.4, 0.5) is 11.4 Å². The van der Waals surface area contributed by atoms with Gasteiger partial charge in [-0.3, -0.25) is 4.79 Å². The molecule has 4 heteroatoms. The molecule has 0 aromatic heterocycles. The summed E-state index contributed by atoms with van der Waals surface area (Å²) in [6.07, 6.45) is 2.59. The second-order valence-electron chi connectivity index (χ2n) is 8.40. The predicted octanol–water partition coefficient (Wildman–Crippen LogP) is 4.92. The van der Waals surface area contributed by atoms with Gasteiger partial charge in [-0.1, -0.05) is 48.5 Å². The van der Waals surface area contributed by atoms with Gasteiger partial charge in [-0.25, -0.2) is 0 Å². The molecule has 3 aromatic rings. The number of hydrogen-bond acceptors (Lipinski definition) is 3. The Balaban J connectivity index is 1.25. The van der Waals surface area contributed by atoms with Crippen LogP contribution < -0.4 is 9.80 Å². The van der Waals surface area contributed by atoms with Crippen LogP contribution in [0.5, 0.6) is 0 Å². The van der Waals surface area contributed by atoms with Gasteiger partial charge in [0.25, 0.3) is 5.91 Å². The van der Waals surface area contributed by atoms with Gasteiger partial charge in [0.15, 0.2) is 0 Å². The van der Waals surface area contributed by atoms with Gasteiger partial charge in [-0.2, -0.15) is 0 Å². The first kappa shape index (κ1) is 19.7. The summed E-state index contributed by atoms with van der Waals surface area (Å²) in [6, 6.07) is 27.1. The molecule has 0 atom stereocenters. The molecule has 0 N–H and O–H groups in total. The molecule has 2 heterocycles. The molecule has 5 rings (SSSR count). The monoisotopic (exact) mass is 411 g/mol. The van der Waals surface area contributed by atoms with E-state index in [2.05, 4.69) is 46.2 Å². The SMILES string of the molecule is O=C(c1ccccc1-c1ccccc1)N1CCN(c2ccc(N3CCCC3)cc2)CC1. The predicted molar refractivity (Wildman–Crippen MR) is 128 cm³/mol. The van der Waals surface area contributed by atoms with Crippen molar-refractivity contribution in [3.8, 4) is 11.1 Å². The highest BCUT2D eigenvalue weighted by Crippen LogP contribution is 2.27. The van der Waals surface area contributed by atoms with Crippen LogP contribution in [0, 0.1) is 0 Å². The van der Waals surface area contributed by atoms with Crippen molar-refractivity contribution in [2.45, 2.75) is 12.8 Å². The average Bonchev–Trinajstić information content (AvgIpc) is 3.40. The molecule has 0 spiro atoms. The van der Waals surface area contributed by atoms with Gasteiger partial charge >= 0.3 is 0 Å². The van der Waals surface area contributed by atoms with Crippen LogP contribution in [0.1, 0.15) is 23.2 Å². The Morgan fingerprint density at radius 3 is 1.77 bits per heavy atom. The first-order valence-corrected chi connectivity index (χ1v) is 11.3. The molecule has 0 aliphatic carbocycles. The summed E-state index contributed by atoms with van der Waals surface area (Å²) >= 11 is 0. The van der Waals surface area contributed by atoms with Crippen LogP contribution in [-0.4, -0.2) is 50.1 Å². The zero-order chi connectivity index (χ0) is 21.0. The minimum absolute atomic E-state index is 0.128. The largest absolute Gasteiger partial charge is 0.372 e. The first-order valence-electron chi connectivity index (χ1n) is 11.3. The molecule has 0 unspecified atom stereocenters. The second-order valence-corrected chi connectivity index (χ2v) is 8.40. The number of rotatable bonds is 4. The summed E-state index contributed by atoms with van der Waals surface area (Å²) in [5, 5.41) is 0. The number of benzene rings is 3. The van der Waals surface area contributed by atoms with E-state index in [1.807, 2.05) is 47.4 Å². The van der Waals surface area contributed by atoms with Crippen molar-refractivity contribution in [3.05, 3.63) is 84.4 Å². The summed E-state index contributed by atoms with van der Waals surface area (Å²) in [5.41, 5.74) is 5.46. The Morgan fingerprint density at radius 1 is 0.581 bits per heavy atom.